The Morgan fingerprint density at radius 1 is 1.19 bits per heavy atom. The molecule has 0 aliphatic carbocycles. The second-order valence-corrected chi connectivity index (χ2v) is 8.47. The largest absolute Gasteiger partial charge is 0.417 e. The van der Waals surface area contributed by atoms with E-state index in [2.05, 4.69) is 10.3 Å². The van der Waals surface area contributed by atoms with Crippen LogP contribution in [0, 0.1) is 5.92 Å². The van der Waals surface area contributed by atoms with Gasteiger partial charge in [0.2, 0.25) is 10.0 Å². The highest BCUT2D eigenvalue weighted by Crippen LogP contribution is 2.31. The van der Waals surface area contributed by atoms with Gasteiger partial charge in [0.15, 0.2) is 0 Å². The highest BCUT2D eigenvalue weighted by Gasteiger charge is 2.33. The van der Waals surface area contributed by atoms with E-state index in [-0.39, 0.29) is 41.7 Å². The summed E-state index contributed by atoms with van der Waals surface area (Å²) in [5.41, 5.74) is -0.430. The molecule has 3 heterocycles. The Kier molecular flexibility index (Phi) is 6.92. The van der Waals surface area contributed by atoms with Crippen molar-refractivity contribution >= 4 is 32.7 Å². The molecule has 2 aliphatic heterocycles. The van der Waals surface area contributed by atoms with Gasteiger partial charge in [-0.1, -0.05) is 0 Å². The number of hydrogen-bond acceptors (Lipinski definition) is 5. The zero-order chi connectivity index (χ0) is 18.1. The molecule has 148 valence electrons. The molecule has 1 aromatic rings. The Balaban J connectivity index is 0.00000243. The summed E-state index contributed by atoms with van der Waals surface area (Å²) in [7, 11) is -3.33. The van der Waals surface area contributed by atoms with Crippen LogP contribution >= 0.6 is 17.0 Å². The van der Waals surface area contributed by atoms with E-state index in [9.17, 15) is 21.6 Å². The second-order valence-electron chi connectivity index (χ2n) is 6.45. The lowest BCUT2D eigenvalue weighted by atomic mass is 10.2. The van der Waals surface area contributed by atoms with Gasteiger partial charge in [-0.2, -0.15) is 17.5 Å². The van der Waals surface area contributed by atoms with Crippen LogP contribution in [0.5, 0.6) is 0 Å². The Labute approximate surface area is 161 Å². The number of nitrogens with zero attached hydrogens (tertiary/aromatic N) is 3. The minimum absolute atomic E-state index is 0. The Bertz CT molecular complexity index is 703. The van der Waals surface area contributed by atoms with E-state index < -0.39 is 21.8 Å². The van der Waals surface area contributed by atoms with Gasteiger partial charge in [0, 0.05) is 32.4 Å². The van der Waals surface area contributed by atoms with E-state index >= 15 is 0 Å². The summed E-state index contributed by atoms with van der Waals surface area (Å²) in [4.78, 5) is 5.40. The van der Waals surface area contributed by atoms with E-state index in [1.165, 1.54) is 10.5 Å². The first-order valence-corrected chi connectivity index (χ1v) is 9.82. The van der Waals surface area contributed by atoms with Crippen LogP contribution in [0.25, 0.3) is 0 Å². The van der Waals surface area contributed by atoms with Crippen molar-refractivity contribution in [3.8, 4) is 0 Å². The van der Waals surface area contributed by atoms with Crippen molar-refractivity contribution in [2.45, 2.75) is 12.6 Å². The van der Waals surface area contributed by atoms with E-state index in [4.69, 9.17) is 0 Å². The van der Waals surface area contributed by atoms with Crippen molar-refractivity contribution in [1.29, 1.82) is 0 Å². The van der Waals surface area contributed by atoms with Crippen molar-refractivity contribution in [1.82, 2.24) is 14.6 Å². The third-order valence-electron chi connectivity index (χ3n) is 4.66. The molecule has 1 N–H and O–H groups in total. The number of pyridine rings is 1. The van der Waals surface area contributed by atoms with Gasteiger partial charge in [0.05, 0.1) is 23.2 Å². The third-order valence-corrected chi connectivity index (χ3v) is 6.70. The fourth-order valence-corrected chi connectivity index (χ4v) is 5.05. The van der Waals surface area contributed by atoms with Crippen molar-refractivity contribution in [3.05, 3.63) is 24.0 Å². The number of hydrogen-bond donors (Lipinski definition) is 1. The maximum atomic E-state index is 12.8. The van der Waals surface area contributed by atoms with Crippen molar-refractivity contribution in [3.63, 3.8) is 0 Å². The Morgan fingerprint density at radius 3 is 2.46 bits per heavy atom. The van der Waals surface area contributed by atoms with E-state index in [0.717, 1.165) is 31.8 Å². The smallest absolute Gasteiger partial charge is 0.368 e. The summed E-state index contributed by atoms with van der Waals surface area (Å²) in [6.45, 7) is 2.82. The van der Waals surface area contributed by atoms with Gasteiger partial charge >= 0.3 is 6.18 Å². The number of nitrogens with one attached hydrogen (secondary N) is 1. The summed E-state index contributed by atoms with van der Waals surface area (Å²) >= 11 is 0. The normalized spacial score (nSPS) is 22.3. The molecule has 11 heteroatoms. The van der Waals surface area contributed by atoms with Crippen molar-refractivity contribution in [2.75, 3.05) is 49.9 Å². The molecule has 26 heavy (non-hydrogen) atoms. The number of aromatic nitrogens is 1. The van der Waals surface area contributed by atoms with Crippen molar-refractivity contribution in [2.24, 2.45) is 5.92 Å². The van der Waals surface area contributed by atoms with E-state index in [1.807, 2.05) is 0 Å². The van der Waals surface area contributed by atoms with Gasteiger partial charge in [-0.25, -0.2) is 8.42 Å². The van der Waals surface area contributed by atoms with Gasteiger partial charge in [-0.05, 0) is 31.5 Å². The zero-order valence-electron chi connectivity index (χ0n) is 14.1. The molecular weight excluding hydrogens is 437 g/mol. The molecule has 2 saturated heterocycles. The number of anilines is 1. The number of alkyl halides is 3. The van der Waals surface area contributed by atoms with Gasteiger partial charge < -0.3 is 10.2 Å². The molecule has 2 aliphatic rings. The molecule has 0 bridgehead atoms. The number of rotatable bonds is 4. The quantitative estimate of drug-likeness (QED) is 0.744. The maximum absolute atomic E-state index is 12.8. The van der Waals surface area contributed by atoms with Crippen LogP contribution in [-0.4, -0.2) is 62.7 Å². The highest BCUT2D eigenvalue weighted by molar-refractivity contribution is 8.93. The monoisotopic (exact) mass is 458 g/mol. The first kappa shape index (κ1) is 21.4. The molecule has 1 unspecified atom stereocenters. The summed E-state index contributed by atoms with van der Waals surface area (Å²) in [6, 6.07) is 1.06. The van der Waals surface area contributed by atoms with Crippen LogP contribution in [0.1, 0.15) is 12.0 Å². The Morgan fingerprint density at radius 2 is 1.88 bits per heavy atom. The van der Waals surface area contributed by atoms with Gasteiger partial charge in [0.1, 0.15) is 0 Å². The third kappa shape index (κ3) is 5.08. The minimum Gasteiger partial charge on any atom is -0.368 e. The van der Waals surface area contributed by atoms with E-state index in [0.29, 0.717) is 18.8 Å². The lowest BCUT2D eigenvalue weighted by Gasteiger charge is -2.35. The van der Waals surface area contributed by atoms with Crippen molar-refractivity contribution < 1.29 is 21.6 Å². The summed E-state index contributed by atoms with van der Waals surface area (Å²) in [6.07, 6.45) is -1.41. The predicted molar refractivity (Wildman–Crippen MR) is 98.1 cm³/mol. The fraction of sp³-hybridized carbons (Fsp3) is 0.667. The highest BCUT2D eigenvalue weighted by atomic mass is 79.9. The molecule has 0 saturated carbocycles. The van der Waals surface area contributed by atoms with Gasteiger partial charge in [-0.15, -0.1) is 17.0 Å². The first-order valence-electron chi connectivity index (χ1n) is 8.21. The zero-order valence-corrected chi connectivity index (χ0v) is 16.6. The molecule has 0 spiro atoms. The first-order chi connectivity index (χ1) is 11.8. The van der Waals surface area contributed by atoms with Crippen LogP contribution in [0.4, 0.5) is 18.9 Å². The number of piperazine rings is 1. The maximum Gasteiger partial charge on any atom is 0.417 e. The molecule has 0 aromatic carbocycles. The molecule has 0 radical (unpaired) electrons. The van der Waals surface area contributed by atoms with Crippen LogP contribution < -0.4 is 10.2 Å². The van der Waals surface area contributed by atoms with Crippen LogP contribution in [0.2, 0.25) is 0 Å². The minimum atomic E-state index is -4.44. The summed E-state index contributed by atoms with van der Waals surface area (Å²) in [5.74, 6) is 0.265. The second kappa shape index (κ2) is 8.41. The van der Waals surface area contributed by atoms with Gasteiger partial charge in [-0.3, -0.25) is 4.98 Å². The molecule has 1 atom stereocenters. The Hall–Kier alpha value is -0.910. The van der Waals surface area contributed by atoms with Gasteiger partial charge in [0.25, 0.3) is 0 Å². The molecule has 2 fully saturated rings. The number of sulfonamides is 1. The lowest BCUT2D eigenvalue weighted by molar-refractivity contribution is -0.137. The molecule has 0 amide bonds. The van der Waals surface area contributed by atoms with Crippen LogP contribution in [0.15, 0.2) is 18.5 Å². The fourth-order valence-electron chi connectivity index (χ4n) is 3.24. The molecule has 3 rings (SSSR count). The van der Waals surface area contributed by atoms with Crippen LogP contribution in [0.3, 0.4) is 0 Å². The predicted octanol–water partition coefficient (Wildman–Crippen LogP) is 1.74. The average Bonchev–Trinajstić information content (AvgIpc) is 3.06. The standard InChI is InChI=1S/C15H21F3N4O2S.BrH/c16-15(17,18)13-7-14(10-20-9-13)21-3-5-22(6-4-21)25(23,24)11-12-1-2-19-8-12;/h7,9-10,12,19H,1-6,8,11H2;1H. The summed E-state index contributed by atoms with van der Waals surface area (Å²) < 4.78 is 64.8. The molecule has 1 aromatic heterocycles. The average molecular weight is 459 g/mol. The number of halogens is 4. The summed E-state index contributed by atoms with van der Waals surface area (Å²) in [5, 5.41) is 3.15. The molecule has 6 nitrogen and oxygen atoms in total. The lowest BCUT2D eigenvalue weighted by Crippen LogP contribution is -2.50. The van der Waals surface area contributed by atoms with E-state index in [1.54, 1.807) is 4.90 Å². The topological polar surface area (TPSA) is 65.5 Å². The van der Waals surface area contributed by atoms with Crippen LogP contribution in [-0.2, 0) is 16.2 Å². The molecular formula is C15H22BrF3N4O2S. The SMILES string of the molecule is Br.O=S(=O)(CC1CCNC1)N1CCN(c2cncc(C(F)(F)F)c2)CC1.